The maximum atomic E-state index is 12.9. The predicted molar refractivity (Wildman–Crippen MR) is 286 cm³/mol. The van der Waals surface area contributed by atoms with Crippen molar-refractivity contribution in [3.8, 4) is 0 Å². The Hall–Kier alpha value is -1.80. The number of amides is 1. The quantitative estimate of drug-likeness (QED) is 0.0243. The first-order chi connectivity index (χ1) is 32.0. The number of aliphatic hydroxyl groups is 1. The number of allylic oxidation sites excluding steroid dienone is 9. The number of quaternary nitrogens is 1. The van der Waals surface area contributed by atoms with E-state index in [1.165, 1.54) is 148 Å². The Morgan fingerprint density at radius 2 is 0.909 bits per heavy atom. The molecule has 0 spiro atoms. The van der Waals surface area contributed by atoms with E-state index < -0.39 is 20.0 Å². The second-order valence-electron chi connectivity index (χ2n) is 19.9. The Kier molecular flexibility index (Phi) is 46.9. The van der Waals surface area contributed by atoms with Gasteiger partial charge in [-0.3, -0.25) is 13.8 Å². The molecule has 9 heteroatoms. The number of nitrogens with one attached hydrogen (secondary N) is 1. The molecule has 3 N–H and O–H groups in total. The maximum Gasteiger partial charge on any atom is 0.472 e. The molecule has 0 bridgehead atoms. The summed E-state index contributed by atoms with van der Waals surface area (Å²) in [5, 5.41) is 13.8. The van der Waals surface area contributed by atoms with E-state index in [0.717, 1.165) is 77.0 Å². The van der Waals surface area contributed by atoms with Crippen LogP contribution in [0.5, 0.6) is 0 Å². The van der Waals surface area contributed by atoms with Crippen LogP contribution in [0.15, 0.2) is 60.8 Å². The first-order valence-corrected chi connectivity index (χ1v) is 29.2. The fourth-order valence-corrected chi connectivity index (χ4v) is 8.55. The summed E-state index contributed by atoms with van der Waals surface area (Å²) in [6.07, 6.45) is 64.9. The van der Waals surface area contributed by atoms with Crippen molar-refractivity contribution in [3.63, 3.8) is 0 Å². The van der Waals surface area contributed by atoms with Crippen LogP contribution in [-0.4, -0.2) is 73.4 Å². The zero-order valence-electron chi connectivity index (χ0n) is 43.9. The van der Waals surface area contributed by atoms with E-state index in [1.54, 1.807) is 6.08 Å². The number of rotatable bonds is 50. The van der Waals surface area contributed by atoms with Crippen molar-refractivity contribution in [3.05, 3.63) is 60.8 Å². The number of carbonyl (C=O) groups is 1. The van der Waals surface area contributed by atoms with Crippen molar-refractivity contribution in [1.82, 2.24) is 5.32 Å². The molecule has 0 rings (SSSR count). The second kappa shape index (κ2) is 48.2. The number of phosphoric ester groups is 1. The van der Waals surface area contributed by atoms with Crippen LogP contribution in [0.1, 0.15) is 245 Å². The number of aliphatic hydroxyl groups excluding tert-OH is 1. The lowest BCUT2D eigenvalue weighted by molar-refractivity contribution is -0.870. The van der Waals surface area contributed by atoms with E-state index >= 15 is 0 Å². The minimum atomic E-state index is -4.36. The van der Waals surface area contributed by atoms with Crippen molar-refractivity contribution in [2.24, 2.45) is 0 Å². The van der Waals surface area contributed by atoms with Crippen molar-refractivity contribution >= 4 is 13.7 Å². The number of phosphoric acid groups is 1. The zero-order chi connectivity index (χ0) is 48.5. The lowest BCUT2D eigenvalue weighted by atomic mass is 10.0. The van der Waals surface area contributed by atoms with E-state index in [4.69, 9.17) is 9.05 Å². The number of likely N-dealkylation sites (N-methyl/N-ethyl adjacent to an activating group) is 1. The molecule has 0 fully saturated rings. The summed E-state index contributed by atoms with van der Waals surface area (Å²) < 4.78 is 23.6. The fourth-order valence-electron chi connectivity index (χ4n) is 7.82. The van der Waals surface area contributed by atoms with Crippen LogP contribution in [0.25, 0.3) is 0 Å². The molecule has 0 saturated carbocycles. The molecule has 0 heterocycles. The third-order valence-corrected chi connectivity index (χ3v) is 13.2. The number of unbranched alkanes of at least 4 members (excludes halogenated alkanes) is 29. The van der Waals surface area contributed by atoms with Gasteiger partial charge in [0, 0.05) is 6.42 Å². The minimum Gasteiger partial charge on any atom is -0.387 e. The average Bonchev–Trinajstić information content (AvgIpc) is 3.28. The lowest BCUT2D eigenvalue weighted by Crippen LogP contribution is -2.45. The Balaban J connectivity index is 4.20. The molecule has 66 heavy (non-hydrogen) atoms. The molecule has 0 aliphatic heterocycles. The Bertz CT molecular complexity index is 1260. The minimum absolute atomic E-state index is 0.0485. The van der Waals surface area contributed by atoms with Gasteiger partial charge < -0.3 is 19.8 Å². The third kappa shape index (κ3) is 50.1. The molecule has 386 valence electrons. The molecule has 0 radical (unpaired) electrons. The second-order valence-corrected chi connectivity index (χ2v) is 21.4. The van der Waals surface area contributed by atoms with Crippen molar-refractivity contribution in [2.75, 3.05) is 40.9 Å². The molecule has 0 saturated heterocycles. The van der Waals surface area contributed by atoms with Crippen LogP contribution in [-0.2, 0) is 18.4 Å². The summed E-state index contributed by atoms with van der Waals surface area (Å²) in [7, 11) is 1.53. The van der Waals surface area contributed by atoms with Crippen LogP contribution in [0, 0.1) is 0 Å². The van der Waals surface area contributed by atoms with Crippen LogP contribution >= 0.6 is 7.82 Å². The normalized spacial score (nSPS) is 14.5. The molecule has 3 unspecified atom stereocenters. The standard InChI is InChI=1S/C57H107N2O6P/c1-6-8-10-12-14-16-18-20-21-22-23-24-25-26-27-28-29-30-31-32-33-34-35-36-37-39-40-42-44-46-48-50-56(60)55(54-65-66(62,63)64-53-52-59(3,4)5)58-57(61)51-49-47-45-43-41-38-19-17-15-13-11-9-7-2/h11,13,17,19,35-36,40,42,48,50,55-56,60H,6-10,12,14-16,18,20-34,37-39,41,43-47,49,51-54H2,1-5H3,(H-,58,61,62,63)/p+1/b13-11-,19-17-,36-35+,42-40+,50-48+. The van der Waals surface area contributed by atoms with Crippen LogP contribution in [0.4, 0.5) is 0 Å². The van der Waals surface area contributed by atoms with Gasteiger partial charge in [-0.2, -0.15) is 0 Å². The van der Waals surface area contributed by atoms with Gasteiger partial charge in [-0.05, 0) is 70.6 Å². The van der Waals surface area contributed by atoms with Crippen LogP contribution in [0.3, 0.4) is 0 Å². The molecule has 0 aliphatic rings. The predicted octanol–water partition coefficient (Wildman–Crippen LogP) is 16.5. The first-order valence-electron chi connectivity index (χ1n) is 27.7. The van der Waals surface area contributed by atoms with E-state index in [0.29, 0.717) is 17.4 Å². The lowest BCUT2D eigenvalue weighted by Gasteiger charge is -2.25. The highest BCUT2D eigenvalue weighted by Gasteiger charge is 2.27. The van der Waals surface area contributed by atoms with Gasteiger partial charge >= 0.3 is 7.82 Å². The molecule has 0 aromatic rings. The van der Waals surface area contributed by atoms with Crippen molar-refractivity contribution in [1.29, 1.82) is 0 Å². The topological polar surface area (TPSA) is 105 Å². The van der Waals surface area contributed by atoms with Crippen molar-refractivity contribution < 1.29 is 32.9 Å². The monoisotopic (exact) mass is 948 g/mol. The molecule has 1 amide bonds. The Morgan fingerprint density at radius 1 is 0.515 bits per heavy atom. The zero-order valence-corrected chi connectivity index (χ0v) is 44.8. The maximum absolute atomic E-state index is 12.9. The summed E-state index contributed by atoms with van der Waals surface area (Å²) in [6, 6.07) is -0.879. The van der Waals surface area contributed by atoms with Gasteiger partial charge in [0.2, 0.25) is 5.91 Å². The Morgan fingerprint density at radius 3 is 1.36 bits per heavy atom. The van der Waals surface area contributed by atoms with Crippen LogP contribution in [0.2, 0.25) is 0 Å². The molecular formula is C57H108N2O6P+. The van der Waals surface area contributed by atoms with Gasteiger partial charge in [0.15, 0.2) is 0 Å². The highest BCUT2D eigenvalue weighted by Crippen LogP contribution is 2.43. The van der Waals surface area contributed by atoms with Gasteiger partial charge in [0.25, 0.3) is 0 Å². The van der Waals surface area contributed by atoms with Crippen LogP contribution < -0.4 is 5.32 Å². The third-order valence-electron chi connectivity index (χ3n) is 12.2. The number of nitrogens with zero attached hydrogens (tertiary/aromatic N) is 1. The Labute approximate surface area is 409 Å². The SMILES string of the molecule is CCC/C=C\C/C=C\CCCCCCCC(=O)NC(COP(=O)(O)OCC[N+](C)(C)C)C(O)/C=C/CC/C=C/CC/C=C/CCCCCCCCCCCCCCCCCCCCCCC. The van der Waals surface area contributed by atoms with E-state index in [-0.39, 0.29) is 19.1 Å². The smallest absolute Gasteiger partial charge is 0.387 e. The van der Waals surface area contributed by atoms with Gasteiger partial charge in [-0.1, -0.05) is 229 Å². The van der Waals surface area contributed by atoms with Gasteiger partial charge in [-0.25, -0.2) is 4.57 Å². The fraction of sp³-hybridized carbons (Fsp3) is 0.807. The largest absolute Gasteiger partial charge is 0.472 e. The van der Waals surface area contributed by atoms with E-state index in [2.05, 4.69) is 67.8 Å². The van der Waals surface area contributed by atoms with Gasteiger partial charge in [0.1, 0.15) is 13.2 Å². The summed E-state index contributed by atoms with van der Waals surface area (Å²) in [4.78, 5) is 23.2. The molecule has 0 aromatic heterocycles. The highest BCUT2D eigenvalue weighted by molar-refractivity contribution is 7.47. The number of hydrogen-bond acceptors (Lipinski definition) is 5. The summed E-state index contributed by atoms with van der Waals surface area (Å²) in [6.45, 7) is 4.71. The summed E-state index contributed by atoms with van der Waals surface area (Å²) in [5.74, 6) is -0.207. The molecule has 3 atom stereocenters. The highest BCUT2D eigenvalue weighted by atomic mass is 31.2. The number of carbonyl (C=O) groups excluding carboxylic acids is 1. The van der Waals surface area contributed by atoms with Gasteiger partial charge in [-0.15, -0.1) is 0 Å². The summed E-state index contributed by atoms with van der Waals surface area (Å²) >= 11 is 0. The molecule has 0 aromatic carbocycles. The number of hydrogen-bond donors (Lipinski definition) is 3. The molecule has 0 aliphatic carbocycles. The van der Waals surface area contributed by atoms with E-state index in [1.807, 2.05) is 27.2 Å². The molecule has 8 nitrogen and oxygen atoms in total. The molecular weight excluding hydrogens is 840 g/mol. The summed E-state index contributed by atoms with van der Waals surface area (Å²) in [5.41, 5.74) is 0. The first kappa shape index (κ1) is 64.2. The average molecular weight is 948 g/mol. The van der Waals surface area contributed by atoms with Gasteiger partial charge in [0.05, 0.1) is 39.9 Å². The van der Waals surface area contributed by atoms with E-state index in [9.17, 15) is 19.4 Å². The van der Waals surface area contributed by atoms with Crippen molar-refractivity contribution in [2.45, 2.75) is 257 Å².